The van der Waals surface area contributed by atoms with Crippen LogP contribution in [0.15, 0.2) is 22.2 Å². The van der Waals surface area contributed by atoms with Crippen LogP contribution in [0.25, 0.3) is 22.3 Å². The number of imidazole rings is 2. The highest BCUT2D eigenvalue weighted by Crippen LogP contribution is 2.68. The van der Waals surface area contributed by atoms with Crippen LogP contribution in [0.2, 0.25) is 0 Å². The van der Waals surface area contributed by atoms with Gasteiger partial charge in [-0.15, -0.1) is 0 Å². The molecule has 0 aliphatic carbocycles. The van der Waals surface area contributed by atoms with Crippen molar-refractivity contribution in [3.05, 3.63) is 33.4 Å². The molecule has 34 heteroatoms. The Bertz CT molecular complexity index is 2420. The lowest BCUT2D eigenvalue weighted by molar-refractivity contribution is -0.0505. The maximum absolute atomic E-state index is 12.9. The van der Waals surface area contributed by atoms with Crippen molar-refractivity contribution in [1.82, 2.24) is 39.0 Å². The Hall–Kier alpha value is -3.34. The molecule has 4 aromatic heterocycles. The summed E-state index contributed by atoms with van der Waals surface area (Å²) < 4.78 is 85.5. The fraction of sp³-hybridized carbons (Fsp3) is 0.524. The number of aromatic amines is 2. The Labute approximate surface area is 302 Å². The number of phosphoric ester groups is 2. The predicted molar refractivity (Wildman–Crippen MR) is 175 cm³/mol. The first-order chi connectivity index (χ1) is 25.5. The zero-order valence-electron chi connectivity index (χ0n) is 27.3. The Balaban J connectivity index is 1.09. The van der Waals surface area contributed by atoms with Gasteiger partial charge in [0.2, 0.25) is 11.9 Å². The smallest absolute Gasteiger partial charge is 0.387 e. The third kappa shape index (κ3) is 8.38. The van der Waals surface area contributed by atoms with E-state index in [0.717, 1.165) is 28.9 Å². The van der Waals surface area contributed by atoms with Crippen molar-refractivity contribution in [3.63, 3.8) is 0 Å². The number of H-pyrrole nitrogens is 2. The predicted octanol–water partition coefficient (Wildman–Crippen LogP) is -3.14. The van der Waals surface area contributed by atoms with Crippen LogP contribution >= 0.6 is 31.1 Å². The molecule has 6 heterocycles. The maximum atomic E-state index is 12.9. The number of nitrogens with two attached hydrogens (primary N) is 2. The van der Waals surface area contributed by atoms with E-state index < -0.39 is 104 Å². The highest BCUT2D eigenvalue weighted by molar-refractivity contribution is 7.66. The molecule has 0 aromatic carbocycles. The van der Waals surface area contributed by atoms with E-state index in [2.05, 4.69) is 52.1 Å². The monoisotopic (exact) mass is 866 g/mol. The second-order valence-corrected chi connectivity index (χ2v) is 18.3. The molecule has 0 spiro atoms. The molecule has 0 bridgehead atoms. The first-order valence-electron chi connectivity index (χ1n) is 14.9. The largest absolute Gasteiger partial charge is 0.490 e. The summed E-state index contributed by atoms with van der Waals surface area (Å²) in [5, 5.41) is 32.0. The summed E-state index contributed by atoms with van der Waals surface area (Å²) in [6.45, 7) is -2.40. The fourth-order valence-corrected chi connectivity index (χ4v) is 10.5. The van der Waals surface area contributed by atoms with E-state index in [1.807, 2.05) is 0 Å². The van der Waals surface area contributed by atoms with Crippen LogP contribution < -0.4 is 22.6 Å². The summed E-state index contributed by atoms with van der Waals surface area (Å²) in [4.78, 5) is 84.8. The van der Waals surface area contributed by atoms with Gasteiger partial charge in [-0.05, 0) is 0 Å². The quantitative estimate of drug-likeness (QED) is 0.0558. The summed E-state index contributed by atoms with van der Waals surface area (Å²) in [7, 11) is -21.8. The number of nitrogens with zero attached hydrogens (tertiary/aromatic N) is 6. The molecule has 30 nitrogen and oxygen atoms in total. The molecule has 2 aliphatic rings. The van der Waals surface area contributed by atoms with Crippen LogP contribution in [0.1, 0.15) is 12.5 Å². The Kier molecular flexibility index (Phi) is 11.2. The van der Waals surface area contributed by atoms with E-state index >= 15 is 0 Å². The van der Waals surface area contributed by atoms with Gasteiger partial charge in [-0.2, -0.15) is 18.6 Å². The fourth-order valence-electron chi connectivity index (χ4n) is 5.63. The molecule has 2 aliphatic heterocycles. The minimum atomic E-state index is -6.11. The van der Waals surface area contributed by atoms with Gasteiger partial charge in [0.1, 0.15) is 36.2 Å². The number of ether oxygens (including phenoxy) is 2. The number of aliphatic hydroxyl groups excluding tert-OH is 3. The highest BCUT2D eigenvalue weighted by atomic mass is 31.3. The lowest BCUT2D eigenvalue weighted by Crippen LogP contribution is -2.34. The molecule has 13 N–H and O–H groups in total. The standard InChI is InChI=1S/C21H30N10O20P4/c1-45-52(37,38)13-7(49-19(12(13)34)31-5-25-9-15(31)27-21(23)29-17(9)36)3-47-54(41,42)51-55(43,44)50-53(39,40)46-2-6-10(32)11(33)18(48-6)30-4-24-8-14(30)26-20(22)28-16(8)35/h4-7,10-13,18-19,32-34H,2-3H2,1H3,(H,37,38)(H,39,40)(H,41,42)(H,43,44)(H3,22,26,28,35)(H3,23,27,29,36)/t6-,7-,10?,11?,12?,13+,18-,19-/m1/s1. The van der Waals surface area contributed by atoms with Gasteiger partial charge in [0, 0.05) is 7.11 Å². The number of rotatable bonds is 14. The molecule has 4 aromatic rings. The van der Waals surface area contributed by atoms with Crippen LogP contribution in [0.4, 0.5) is 11.9 Å². The minimum absolute atomic E-state index is 0.174. The molecule has 6 rings (SSSR count). The maximum Gasteiger partial charge on any atom is 0.490 e. The second-order valence-electron chi connectivity index (χ2n) is 11.6. The third-order valence-electron chi connectivity index (χ3n) is 7.98. The van der Waals surface area contributed by atoms with Crippen molar-refractivity contribution in [2.45, 2.75) is 48.6 Å². The Morgan fingerprint density at radius 3 is 1.64 bits per heavy atom. The molecule has 55 heavy (non-hydrogen) atoms. The number of nitrogen functional groups attached to an aromatic ring is 2. The molecule has 2 fully saturated rings. The van der Waals surface area contributed by atoms with Gasteiger partial charge in [-0.3, -0.25) is 42.3 Å². The normalized spacial score (nSPS) is 30.3. The van der Waals surface area contributed by atoms with Crippen LogP contribution in [0.3, 0.4) is 0 Å². The Morgan fingerprint density at radius 1 is 0.727 bits per heavy atom. The van der Waals surface area contributed by atoms with Gasteiger partial charge in [0.15, 0.2) is 34.8 Å². The Morgan fingerprint density at radius 2 is 1.16 bits per heavy atom. The van der Waals surface area contributed by atoms with E-state index in [1.165, 1.54) is 0 Å². The summed E-state index contributed by atoms with van der Waals surface area (Å²) in [5.41, 5.74) is 6.70. The molecular weight excluding hydrogens is 836 g/mol. The first kappa shape index (κ1) is 41.3. The van der Waals surface area contributed by atoms with Gasteiger partial charge in [-0.1, -0.05) is 0 Å². The zero-order valence-corrected chi connectivity index (χ0v) is 30.8. The molecule has 0 amide bonds. The third-order valence-corrected chi connectivity index (χ3v) is 14.1. The number of anilines is 2. The van der Waals surface area contributed by atoms with Crippen LogP contribution in [0.5, 0.6) is 0 Å². The van der Waals surface area contributed by atoms with E-state index in [4.69, 9.17) is 20.9 Å². The lowest BCUT2D eigenvalue weighted by atomic mass is 10.1. The van der Waals surface area contributed by atoms with E-state index in [9.17, 15) is 62.7 Å². The SMILES string of the molecule is COP(=O)(O)[C@@H]1C(O)[C@H](n2cnc3c(=O)[nH]c(N)nc32)O[C@@H]1COP(=O)(O)OP(=O)(O)OP(=O)(O)OC[C@H]1O[C@@H](n2cnc3c(=O)[nH]c(N)nc32)C(O)C1O. The second kappa shape index (κ2) is 14.9. The van der Waals surface area contributed by atoms with Gasteiger partial charge < -0.3 is 60.4 Å². The van der Waals surface area contributed by atoms with Gasteiger partial charge >= 0.3 is 31.1 Å². The number of phosphoric acid groups is 3. The summed E-state index contributed by atoms with van der Waals surface area (Å²) in [6.07, 6.45) is -10.4. The lowest BCUT2D eigenvalue weighted by Gasteiger charge is -2.24. The number of fused-ring (bicyclic) bond motifs is 2. The van der Waals surface area contributed by atoms with Crippen molar-refractivity contribution >= 4 is 65.3 Å². The zero-order chi connectivity index (χ0) is 40.4. The average Bonchev–Trinajstić information content (AvgIpc) is 3.82. The number of hydrogen-bond donors (Lipinski definition) is 11. The van der Waals surface area contributed by atoms with Crippen molar-refractivity contribution < 1.29 is 84.8 Å². The number of aliphatic hydroxyl groups is 3. The molecule has 2 saturated heterocycles. The summed E-state index contributed by atoms with van der Waals surface area (Å²) in [6, 6.07) is 0. The van der Waals surface area contributed by atoms with Gasteiger partial charge in [-0.25, -0.2) is 23.7 Å². The van der Waals surface area contributed by atoms with Gasteiger partial charge in [0.05, 0.1) is 25.9 Å². The molecular formula is C21H30N10O20P4. The van der Waals surface area contributed by atoms with Crippen molar-refractivity contribution in [2.75, 3.05) is 31.8 Å². The van der Waals surface area contributed by atoms with Crippen LogP contribution in [0, 0.1) is 0 Å². The number of aromatic nitrogens is 8. The molecule has 12 atom stereocenters. The molecule has 0 radical (unpaired) electrons. The van der Waals surface area contributed by atoms with Crippen molar-refractivity contribution in [1.29, 1.82) is 0 Å². The number of hydrogen-bond acceptors (Lipinski definition) is 22. The molecule has 0 saturated carbocycles. The summed E-state index contributed by atoms with van der Waals surface area (Å²) >= 11 is 0. The molecule has 7 unspecified atom stereocenters. The van der Waals surface area contributed by atoms with Crippen molar-refractivity contribution in [3.8, 4) is 0 Å². The summed E-state index contributed by atoms with van der Waals surface area (Å²) in [5.74, 6) is -0.701. The van der Waals surface area contributed by atoms with Crippen LogP contribution in [-0.4, -0.2) is 130 Å². The van der Waals surface area contributed by atoms with E-state index in [0.29, 0.717) is 0 Å². The molecule has 304 valence electrons. The van der Waals surface area contributed by atoms with E-state index in [-0.39, 0.29) is 34.2 Å². The number of nitrogens with one attached hydrogen (secondary N) is 2. The topological polar surface area (TPSA) is 454 Å². The van der Waals surface area contributed by atoms with Gasteiger partial charge in [0.25, 0.3) is 11.1 Å². The first-order valence-corrected chi connectivity index (χ1v) is 21.0. The average molecular weight is 866 g/mol. The van der Waals surface area contributed by atoms with Crippen molar-refractivity contribution in [2.24, 2.45) is 0 Å². The van der Waals surface area contributed by atoms with Crippen LogP contribution in [-0.2, 0) is 49.9 Å². The van der Waals surface area contributed by atoms with E-state index in [1.54, 1.807) is 0 Å². The highest BCUT2D eigenvalue weighted by Gasteiger charge is 2.55. The minimum Gasteiger partial charge on any atom is -0.387 e.